The molecule has 1 unspecified atom stereocenters. The summed E-state index contributed by atoms with van der Waals surface area (Å²) in [5.41, 5.74) is 0. The van der Waals surface area contributed by atoms with Crippen molar-refractivity contribution in [1.29, 1.82) is 0 Å². The number of carbonyl (C=O) groups excluding carboxylic acids is 2. The number of rotatable bonds is 10. The van der Waals surface area contributed by atoms with Crippen molar-refractivity contribution in [2.45, 2.75) is 33.2 Å². The van der Waals surface area contributed by atoms with Gasteiger partial charge in [-0.25, -0.2) is 0 Å². The number of hydrogen-bond acceptors (Lipinski definition) is 4. The number of likely N-dealkylation sites (N-methyl/N-ethyl adjacent to an activating group) is 1. The second-order valence-electron chi connectivity index (χ2n) is 4.31. The monoisotopic (exact) mass is 273 g/mol. The second kappa shape index (κ2) is 10.8. The second-order valence-corrected chi connectivity index (χ2v) is 4.31. The predicted molar refractivity (Wildman–Crippen MR) is 74.9 cm³/mol. The van der Waals surface area contributed by atoms with E-state index in [1.165, 1.54) is 0 Å². The van der Waals surface area contributed by atoms with E-state index in [9.17, 15) is 9.59 Å². The fourth-order valence-electron chi connectivity index (χ4n) is 1.60. The first-order valence-corrected chi connectivity index (χ1v) is 6.84. The maximum atomic E-state index is 11.7. The summed E-state index contributed by atoms with van der Waals surface area (Å²) in [5, 5.41) is 5.73. The van der Waals surface area contributed by atoms with Crippen molar-refractivity contribution in [1.82, 2.24) is 15.5 Å². The molecular formula is C13H27N3O3. The van der Waals surface area contributed by atoms with Crippen LogP contribution in [0.1, 0.15) is 27.2 Å². The van der Waals surface area contributed by atoms with Crippen molar-refractivity contribution in [2.24, 2.45) is 0 Å². The van der Waals surface area contributed by atoms with Gasteiger partial charge in [0.1, 0.15) is 0 Å². The van der Waals surface area contributed by atoms with Gasteiger partial charge in [0, 0.05) is 33.4 Å². The van der Waals surface area contributed by atoms with Gasteiger partial charge in [-0.3, -0.25) is 14.9 Å². The first kappa shape index (κ1) is 17.9. The van der Waals surface area contributed by atoms with Crippen LogP contribution in [0.15, 0.2) is 0 Å². The van der Waals surface area contributed by atoms with Crippen molar-refractivity contribution < 1.29 is 14.3 Å². The molecule has 0 aromatic heterocycles. The first-order chi connectivity index (χ1) is 9.06. The van der Waals surface area contributed by atoms with E-state index in [1.54, 1.807) is 18.9 Å². The largest absolute Gasteiger partial charge is 0.385 e. The minimum absolute atomic E-state index is 0.0176. The Kier molecular flexibility index (Phi) is 10.1. The normalized spacial score (nSPS) is 12.0. The Bertz CT molecular complexity index is 268. The Balaban J connectivity index is 3.86. The molecule has 0 fully saturated rings. The van der Waals surface area contributed by atoms with Gasteiger partial charge in [-0.15, -0.1) is 0 Å². The summed E-state index contributed by atoms with van der Waals surface area (Å²) in [6.45, 7) is 8.41. The highest BCUT2D eigenvalue weighted by atomic mass is 16.5. The van der Waals surface area contributed by atoms with Crippen LogP contribution in [0.2, 0.25) is 0 Å². The van der Waals surface area contributed by atoms with E-state index in [4.69, 9.17) is 4.74 Å². The van der Waals surface area contributed by atoms with Crippen molar-refractivity contribution >= 4 is 11.8 Å². The Morgan fingerprint density at radius 3 is 2.42 bits per heavy atom. The summed E-state index contributed by atoms with van der Waals surface area (Å²) in [6.07, 6.45) is 0.785. The molecule has 6 nitrogen and oxygen atoms in total. The maximum absolute atomic E-state index is 11.7. The van der Waals surface area contributed by atoms with E-state index in [0.717, 1.165) is 6.42 Å². The van der Waals surface area contributed by atoms with Gasteiger partial charge in [0.05, 0.1) is 12.6 Å². The third kappa shape index (κ3) is 7.79. The molecule has 0 aliphatic heterocycles. The first-order valence-electron chi connectivity index (χ1n) is 6.84. The maximum Gasteiger partial charge on any atom is 0.236 e. The molecule has 0 rings (SSSR count). The fourth-order valence-corrected chi connectivity index (χ4v) is 1.60. The van der Waals surface area contributed by atoms with E-state index in [2.05, 4.69) is 10.6 Å². The van der Waals surface area contributed by atoms with Crippen LogP contribution in [0.25, 0.3) is 0 Å². The average Bonchev–Trinajstić information content (AvgIpc) is 2.42. The van der Waals surface area contributed by atoms with E-state index in [-0.39, 0.29) is 24.4 Å². The van der Waals surface area contributed by atoms with Crippen LogP contribution in [0, 0.1) is 0 Å². The van der Waals surface area contributed by atoms with Crippen LogP contribution in [-0.2, 0) is 14.3 Å². The summed E-state index contributed by atoms with van der Waals surface area (Å²) in [5.74, 6) is -0.0764. The molecule has 6 heteroatoms. The zero-order valence-corrected chi connectivity index (χ0v) is 12.5. The summed E-state index contributed by atoms with van der Waals surface area (Å²) < 4.78 is 4.90. The predicted octanol–water partition coefficient (Wildman–Crippen LogP) is -0.0144. The van der Waals surface area contributed by atoms with Gasteiger partial charge < -0.3 is 15.0 Å². The lowest BCUT2D eigenvalue weighted by Gasteiger charge is -2.20. The zero-order valence-electron chi connectivity index (χ0n) is 12.5. The van der Waals surface area contributed by atoms with Gasteiger partial charge in [0.15, 0.2) is 0 Å². The summed E-state index contributed by atoms with van der Waals surface area (Å²) in [4.78, 5) is 25.2. The lowest BCUT2D eigenvalue weighted by molar-refractivity contribution is -0.130. The minimum Gasteiger partial charge on any atom is -0.385 e. The van der Waals surface area contributed by atoms with Gasteiger partial charge in [-0.2, -0.15) is 0 Å². The van der Waals surface area contributed by atoms with Gasteiger partial charge >= 0.3 is 0 Å². The Morgan fingerprint density at radius 2 is 1.89 bits per heavy atom. The highest BCUT2D eigenvalue weighted by Crippen LogP contribution is 1.89. The average molecular weight is 273 g/mol. The van der Waals surface area contributed by atoms with E-state index < -0.39 is 0 Å². The van der Waals surface area contributed by atoms with Crippen LogP contribution >= 0.6 is 0 Å². The quantitative estimate of drug-likeness (QED) is 0.549. The summed E-state index contributed by atoms with van der Waals surface area (Å²) in [6, 6.07) is -0.373. The molecule has 112 valence electrons. The fraction of sp³-hybridized carbons (Fsp3) is 0.846. The molecule has 0 saturated heterocycles. The van der Waals surface area contributed by atoms with Crippen LogP contribution in [0.5, 0.6) is 0 Å². The number of hydrogen-bond donors (Lipinski definition) is 2. The van der Waals surface area contributed by atoms with Crippen molar-refractivity contribution in [3.63, 3.8) is 0 Å². The molecule has 0 aromatic carbocycles. The van der Waals surface area contributed by atoms with Gasteiger partial charge in [-0.1, -0.05) is 0 Å². The topological polar surface area (TPSA) is 70.7 Å². The number of nitrogens with zero attached hydrogens (tertiary/aromatic N) is 1. The molecule has 19 heavy (non-hydrogen) atoms. The molecule has 0 saturated carbocycles. The molecule has 0 aromatic rings. The van der Waals surface area contributed by atoms with Crippen LogP contribution in [0.4, 0.5) is 0 Å². The number of methoxy groups -OCH3 is 1. The third-order valence-electron chi connectivity index (χ3n) is 2.89. The summed E-state index contributed by atoms with van der Waals surface area (Å²) in [7, 11) is 1.63. The van der Waals surface area contributed by atoms with Gasteiger partial charge in [0.2, 0.25) is 11.8 Å². The molecule has 2 N–H and O–H groups in total. The van der Waals surface area contributed by atoms with E-state index >= 15 is 0 Å². The molecule has 0 aliphatic carbocycles. The SMILES string of the molecule is CCN(CC)C(=O)CNC(C)C(=O)NCCCOC. The number of ether oxygens (including phenoxy) is 1. The summed E-state index contributed by atoms with van der Waals surface area (Å²) >= 11 is 0. The molecular weight excluding hydrogens is 246 g/mol. The molecule has 0 bridgehead atoms. The van der Waals surface area contributed by atoms with Gasteiger partial charge in [0.25, 0.3) is 0 Å². The molecule has 0 aliphatic rings. The highest BCUT2D eigenvalue weighted by molar-refractivity contribution is 5.83. The molecule has 2 amide bonds. The molecule has 0 spiro atoms. The van der Waals surface area contributed by atoms with Crippen LogP contribution < -0.4 is 10.6 Å². The smallest absolute Gasteiger partial charge is 0.236 e. The van der Waals surface area contributed by atoms with Crippen molar-refractivity contribution in [3.05, 3.63) is 0 Å². The van der Waals surface area contributed by atoms with Gasteiger partial charge in [-0.05, 0) is 27.2 Å². The Hall–Kier alpha value is -1.14. The number of nitrogens with one attached hydrogen (secondary N) is 2. The Labute approximate surface area is 115 Å². The number of amides is 2. The Morgan fingerprint density at radius 1 is 1.26 bits per heavy atom. The standard InChI is InChI=1S/C13H27N3O3/c1-5-16(6-2)12(17)10-15-11(3)13(18)14-8-7-9-19-4/h11,15H,5-10H2,1-4H3,(H,14,18). The van der Waals surface area contributed by atoms with E-state index in [0.29, 0.717) is 26.2 Å². The van der Waals surface area contributed by atoms with Crippen LogP contribution in [0.3, 0.4) is 0 Å². The zero-order chi connectivity index (χ0) is 14.7. The van der Waals surface area contributed by atoms with E-state index in [1.807, 2.05) is 13.8 Å². The minimum atomic E-state index is -0.373. The molecule has 0 heterocycles. The lowest BCUT2D eigenvalue weighted by Crippen LogP contribution is -2.47. The third-order valence-corrected chi connectivity index (χ3v) is 2.89. The lowest BCUT2D eigenvalue weighted by atomic mass is 10.3. The highest BCUT2D eigenvalue weighted by Gasteiger charge is 2.15. The van der Waals surface area contributed by atoms with Crippen LogP contribution in [-0.4, -0.2) is 62.7 Å². The van der Waals surface area contributed by atoms with Crippen molar-refractivity contribution in [2.75, 3.05) is 39.9 Å². The molecule has 0 radical (unpaired) electrons. The molecule has 1 atom stereocenters. The number of carbonyl (C=O) groups is 2. The van der Waals surface area contributed by atoms with Crippen molar-refractivity contribution in [3.8, 4) is 0 Å².